The summed E-state index contributed by atoms with van der Waals surface area (Å²) in [6.07, 6.45) is 3.76. The first-order valence-corrected chi connectivity index (χ1v) is 6.09. The zero-order valence-electron chi connectivity index (χ0n) is 10.8. The highest BCUT2D eigenvalue weighted by atomic mass is 16.4. The van der Waals surface area contributed by atoms with E-state index in [1.807, 2.05) is 29.1 Å². The fraction of sp³-hybridized carbons (Fsp3) is 0.231. The maximum atomic E-state index is 5.52. The summed E-state index contributed by atoms with van der Waals surface area (Å²) in [7, 11) is 0. The van der Waals surface area contributed by atoms with Crippen molar-refractivity contribution in [1.82, 2.24) is 14.8 Å². The monoisotopic (exact) mass is 257 g/mol. The lowest BCUT2D eigenvalue weighted by Crippen LogP contribution is -1.99. The Hall–Kier alpha value is -2.50. The standard InChI is InChI=1S/C13H15N5O/c1-8(2)18-7-10(6-15-18)16-9-3-4-12-11(5-9)17-13(14)19-12/h3-8,16H,1-2H3,(H2,14,17). The van der Waals surface area contributed by atoms with Crippen molar-refractivity contribution in [1.29, 1.82) is 0 Å². The van der Waals surface area contributed by atoms with Gasteiger partial charge in [0.15, 0.2) is 5.58 Å². The number of anilines is 3. The Morgan fingerprint density at radius 1 is 1.32 bits per heavy atom. The first kappa shape index (κ1) is 11.6. The van der Waals surface area contributed by atoms with Crippen LogP contribution in [-0.4, -0.2) is 14.8 Å². The van der Waals surface area contributed by atoms with Crippen LogP contribution in [-0.2, 0) is 0 Å². The number of oxazole rings is 1. The van der Waals surface area contributed by atoms with E-state index in [9.17, 15) is 0 Å². The molecule has 0 amide bonds. The lowest BCUT2D eigenvalue weighted by Gasteiger charge is -2.04. The van der Waals surface area contributed by atoms with Gasteiger partial charge in [-0.05, 0) is 32.0 Å². The van der Waals surface area contributed by atoms with E-state index in [4.69, 9.17) is 10.2 Å². The number of nitrogens with two attached hydrogens (primary N) is 1. The Morgan fingerprint density at radius 3 is 2.89 bits per heavy atom. The fourth-order valence-corrected chi connectivity index (χ4v) is 1.87. The molecule has 6 heteroatoms. The van der Waals surface area contributed by atoms with Crippen molar-refractivity contribution in [3.63, 3.8) is 0 Å². The first-order valence-electron chi connectivity index (χ1n) is 6.09. The van der Waals surface area contributed by atoms with Crippen molar-refractivity contribution in [2.45, 2.75) is 19.9 Å². The van der Waals surface area contributed by atoms with Crippen molar-refractivity contribution >= 4 is 28.5 Å². The maximum Gasteiger partial charge on any atom is 0.292 e. The fourth-order valence-electron chi connectivity index (χ4n) is 1.87. The summed E-state index contributed by atoms with van der Waals surface area (Å²) < 4.78 is 7.13. The average molecular weight is 257 g/mol. The highest BCUT2D eigenvalue weighted by Gasteiger charge is 2.05. The smallest absolute Gasteiger partial charge is 0.292 e. The van der Waals surface area contributed by atoms with Crippen LogP contribution in [0.4, 0.5) is 17.4 Å². The van der Waals surface area contributed by atoms with Gasteiger partial charge in [0.25, 0.3) is 6.01 Å². The van der Waals surface area contributed by atoms with Gasteiger partial charge in [0.1, 0.15) is 5.52 Å². The Morgan fingerprint density at radius 2 is 2.16 bits per heavy atom. The molecule has 0 aliphatic heterocycles. The third-order valence-corrected chi connectivity index (χ3v) is 2.82. The summed E-state index contributed by atoms with van der Waals surface area (Å²) in [5.41, 5.74) is 8.79. The van der Waals surface area contributed by atoms with E-state index in [1.165, 1.54) is 0 Å². The minimum absolute atomic E-state index is 0.180. The maximum absolute atomic E-state index is 5.52. The van der Waals surface area contributed by atoms with Gasteiger partial charge in [-0.3, -0.25) is 4.68 Å². The molecule has 19 heavy (non-hydrogen) atoms. The lowest BCUT2D eigenvalue weighted by molar-refractivity contribution is 0.532. The van der Waals surface area contributed by atoms with Gasteiger partial charge in [-0.25, -0.2) is 0 Å². The molecule has 3 rings (SSSR count). The van der Waals surface area contributed by atoms with Crippen molar-refractivity contribution in [3.05, 3.63) is 30.6 Å². The van der Waals surface area contributed by atoms with E-state index < -0.39 is 0 Å². The number of hydrogen-bond acceptors (Lipinski definition) is 5. The Bertz CT molecular complexity index is 713. The van der Waals surface area contributed by atoms with Gasteiger partial charge in [0.2, 0.25) is 0 Å². The lowest BCUT2D eigenvalue weighted by atomic mass is 10.3. The van der Waals surface area contributed by atoms with Crippen LogP contribution in [0.15, 0.2) is 35.0 Å². The van der Waals surface area contributed by atoms with Gasteiger partial charge in [0, 0.05) is 17.9 Å². The molecule has 6 nitrogen and oxygen atoms in total. The number of hydrogen-bond donors (Lipinski definition) is 2. The van der Waals surface area contributed by atoms with Gasteiger partial charge < -0.3 is 15.5 Å². The van der Waals surface area contributed by atoms with E-state index in [0.717, 1.165) is 16.9 Å². The molecule has 2 heterocycles. The van der Waals surface area contributed by atoms with E-state index in [1.54, 1.807) is 6.20 Å². The van der Waals surface area contributed by atoms with Gasteiger partial charge in [-0.15, -0.1) is 0 Å². The van der Waals surface area contributed by atoms with Gasteiger partial charge in [-0.2, -0.15) is 10.1 Å². The highest BCUT2D eigenvalue weighted by molar-refractivity contribution is 5.79. The molecule has 0 atom stereocenters. The molecular formula is C13H15N5O. The number of nitrogen functional groups attached to an aromatic ring is 1. The van der Waals surface area contributed by atoms with Crippen LogP contribution in [0, 0.1) is 0 Å². The molecule has 0 saturated heterocycles. The summed E-state index contributed by atoms with van der Waals surface area (Å²) in [6.45, 7) is 4.17. The molecule has 0 radical (unpaired) electrons. The molecule has 98 valence electrons. The molecular weight excluding hydrogens is 242 g/mol. The molecule has 3 N–H and O–H groups in total. The van der Waals surface area contributed by atoms with Crippen molar-refractivity contribution in [2.24, 2.45) is 0 Å². The van der Waals surface area contributed by atoms with Crippen LogP contribution in [0.1, 0.15) is 19.9 Å². The second-order valence-electron chi connectivity index (χ2n) is 4.66. The van der Waals surface area contributed by atoms with Crippen LogP contribution in [0.25, 0.3) is 11.1 Å². The number of nitrogens with one attached hydrogen (secondary N) is 1. The number of benzene rings is 1. The summed E-state index contributed by atoms with van der Waals surface area (Å²) in [6, 6.07) is 6.17. The molecule has 0 bridgehead atoms. The van der Waals surface area contributed by atoms with Gasteiger partial charge >= 0.3 is 0 Å². The van der Waals surface area contributed by atoms with E-state index in [2.05, 4.69) is 29.2 Å². The quantitative estimate of drug-likeness (QED) is 0.753. The molecule has 0 fully saturated rings. The van der Waals surface area contributed by atoms with Crippen molar-refractivity contribution in [2.75, 3.05) is 11.1 Å². The van der Waals surface area contributed by atoms with Crippen LogP contribution in [0.3, 0.4) is 0 Å². The normalized spacial score (nSPS) is 11.3. The zero-order chi connectivity index (χ0) is 13.4. The largest absolute Gasteiger partial charge is 0.424 e. The minimum atomic E-state index is 0.180. The zero-order valence-corrected chi connectivity index (χ0v) is 10.8. The van der Waals surface area contributed by atoms with Crippen LogP contribution in [0.5, 0.6) is 0 Å². The number of fused-ring (bicyclic) bond motifs is 1. The molecule has 1 aromatic carbocycles. The summed E-state index contributed by atoms with van der Waals surface area (Å²) >= 11 is 0. The third-order valence-electron chi connectivity index (χ3n) is 2.82. The predicted octanol–water partition coefficient (Wildman–Crippen LogP) is 2.93. The Labute approximate surface area is 110 Å². The van der Waals surface area contributed by atoms with Crippen LogP contribution >= 0.6 is 0 Å². The van der Waals surface area contributed by atoms with Crippen LogP contribution in [0.2, 0.25) is 0 Å². The molecule has 0 aliphatic carbocycles. The third kappa shape index (κ3) is 2.24. The van der Waals surface area contributed by atoms with Gasteiger partial charge in [-0.1, -0.05) is 0 Å². The van der Waals surface area contributed by atoms with E-state index in [0.29, 0.717) is 11.6 Å². The topological polar surface area (TPSA) is 81.9 Å². The molecule has 0 spiro atoms. The second kappa shape index (κ2) is 4.31. The van der Waals surface area contributed by atoms with Gasteiger partial charge in [0.05, 0.1) is 11.9 Å². The van der Waals surface area contributed by atoms with Crippen molar-refractivity contribution in [3.8, 4) is 0 Å². The van der Waals surface area contributed by atoms with Crippen LogP contribution < -0.4 is 11.1 Å². The highest BCUT2D eigenvalue weighted by Crippen LogP contribution is 2.23. The molecule has 0 aliphatic rings. The molecule has 3 aromatic rings. The number of nitrogens with zero attached hydrogens (tertiary/aromatic N) is 3. The van der Waals surface area contributed by atoms with E-state index >= 15 is 0 Å². The molecule has 0 saturated carbocycles. The number of rotatable bonds is 3. The predicted molar refractivity (Wildman–Crippen MR) is 74.3 cm³/mol. The van der Waals surface area contributed by atoms with E-state index in [-0.39, 0.29) is 6.01 Å². The Kier molecular flexibility index (Phi) is 2.63. The second-order valence-corrected chi connectivity index (χ2v) is 4.66. The minimum Gasteiger partial charge on any atom is -0.424 e. The number of aromatic nitrogens is 3. The molecule has 0 unspecified atom stereocenters. The summed E-state index contributed by atoms with van der Waals surface area (Å²) in [5.74, 6) is 0. The Balaban J connectivity index is 1.87. The molecule has 2 aromatic heterocycles. The first-order chi connectivity index (χ1) is 9.11. The average Bonchev–Trinajstić information content (AvgIpc) is 2.94. The van der Waals surface area contributed by atoms with Crippen molar-refractivity contribution < 1.29 is 4.42 Å². The SMILES string of the molecule is CC(C)n1cc(Nc2ccc3oc(N)nc3c2)cn1. The summed E-state index contributed by atoms with van der Waals surface area (Å²) in [5, 5.41) is 7.55. The summed E-state index contributed by atoms with van der Waals surface area (Å²) in [4.78, 5) is 4.10.